The number of carbonyl (C=O) groups is 1. The van der Waals surface area contributed by atoms with Gasteiger partial charge in [0.1, 0.15) is 6.61 Å². The van der Waals surface area contributed by atoms with Gasteiger partial charge in [0.15, 0.2) is 6.29 Å². The van der Waals surface area contributed by atoms with Crippen LogP contribution in [0.4, 0.5) is 0 Å². The molecular weight excluding hydrogens is 300 g/mol. The van der Waals surface area contributed by atoms with Gasteiger partial charge >= 0.3 is 5.69 Å². The number of carbonyl (C=O) groups excluding carboxylic acids is 1. The number of rotatable bonds is 4. The molecule has 1 atom stereocenters. The average Bonchev–Trinajstić information content (AvgIpc) is 2.57. The number of benzene rings is 1. The Balaban J connectivity index is 2.01. The normalized spacial score (nSPS) is 18.2. The first kappa shape index (κ1) is 15.6. The van der Waals surface area contributed by atoms with Crippen LogP contribution in [0.15, 0.2) is 24.3 Å². The number of ether oxygens (including phenoxy) is 2. The van der Waals surface area contributed by atoms with Gasteiger partial charge < -0.3 is 19.9 Å². The second-order valence-corrected chi connectivity index (χ2v) is 5.54. The maximum Gasteiger partial charge on any atom is 0.331 e. The third-order valence-electron chi connectivity index (χ3n) is 3.92. The van der Waals surface area contributed by atoms with E-state index in [-0.39, 0.29) is 29.0 Å². The van der Waals surface area contributed by atoms with Crippen LogP contribution in [0.25, 0.3) is 11.0 Å². The van der Waals surface area contributed by atoms with E-state index in [1.54, 1.807) is 18.2 Å². The summed E-state index contributed by atoms with van der Waals surface area (Å²) < 4.78 is 12.2. The van der Waals surface area contributed by atoms with Crippen molar-refractivity contribution in [1.29, 1.82) is 0 Å². The summed E-state index contributed by atoms with van der Waals surface area (Å²) in [4.78, 5) is 11.9. The highest BCUT2D eigenvalue weighted by Gasteiger charge is 2.32. The van der Waals surface area contributed by atoms with Crippen molar-refractivity contribution < 1.29 is 23.7 Å². The Kier molecular flexibility index (Phi) is 4.40. The Morgan fingerprint density at radius 1 is 1.26 bits per heavy atom. The molecule has 0 N–H and O–H groups in total. The zero-order chi connectivity index (χ0) is 16.4. The lowest BCUT2D eigenvalue weighted by Gasteiger charge is -2.22. The lowest BCUT2D eigenvalue weighted by molar-refractivity contribution is -0.638. The van der Waals surface area contributed by atoms with Crippen molar-refractivity contribution in [2.24, 2.45) is 0 Å². The molecule has 1 aliphatic heterocycles. The highest BCUT2D eigenvalue weighted by molar-refractivity contribution is 5.92. The van der Waals surface area contributed by atoms with Crippen LogP contribution in [0.2, 0.25) is 0 Å². The van der Waals surface area contributed by atoms with Crippen LogP contribution >= 0.6 is 0 Å². The van der Waals surface area contributed by atoms with Gasteiger partial charge in [-0.1, -0.05) is 12.1 Å². The molecule has 1 aromatic carbocycles. The molecule has 0 radical (unpaired) electrons. The summed E-state index contributed by atoms with van der Waals surface area (Å²) in [5, 5.41) is 25.0. The molecule has 3 rings (SSSR count). The number of hydrogen-bond donors (Lipinski definition) is 0. The van der Waals surface area contributed by atoms with Crippen molar-refractivity contribution in [2.45, 2.75) is 39.1 Å². The highest BCUT2D eigenvalue weighted by Crippen LogP contribution is 2.17. The van der Waals surface area contributed by atoms with Crippen molar-refractivity contribution >= 4 is 16.8 Å². The van der Waals surface area contributed by atoms with Crippen LogP contribution in [-0.2, 0) is 16.1 Å². The Labute approximate surface area is 133 Å². The summed E-state index contributed by atoms with van der Waals surface area (Å²) >= 11 is 0. The summed E-state index contributed by atoms with van der Waals surface area (Å²) in [5.74, 6) is -0.474. The first-order valence-electron chi connectivity index (χ1n) is 7.60. The van der Waals surface area contributed by atoms with E-state index in [0.29, 0.717) is 16.1 Å². The third kappa shape index (κ3) is 2.97. The summed E-state index contributed by atoms with van der Waals surface area (Å²) in [6.45, 7) is 1.73. The Bertz CT molecular complexity index is 741. The average molecular weight is 318 g/mol. The first-order valence-corrected chi connectivity index (χ1v) is 7.60. The lowest BCUT2D eigenvalue weighted by atomic mass is 10.2. The number of Topliss-reactive ketones (excluding diaryl/α,β-unsaturated/α-hetero) is 1. The fraction of sp³-hybridized carbons (Fsp3) is 0.438. The molecule has 1 fully saturated rings. The van der Waals surface area contributed by atoms with Crippen LogP contribution < -0.4 is 9.46 Å². The van der Waals surface area contributed by atoms with E-state index in [1.807, 2.05) is 0 Å². The molecule has 7 nitrogen and oxygen atoms in total. The van der Waals surface area contributed by atoms with Crippen LogP contribution in [0, 0.1) is 10.4 Å². The van der Waals surface area contributed by atoms with E-state index in [0.717, 1.165) is 19.3 Å². The molecule has 2 aromatic rings. The number of ketones is 1. The SMILES string of the molecule is CC(=O)c1c(COC2CCCCO2)[n+]([O-])c2ccccc2[n+]1[O-]. The van der Waals surface area contributed by atoms with Gasteiger partial charge in [0.2, 0.25) is 5.78 Å². The zero-order valence-electron chi connectivity index (χ0n) is 12.9. The second kappa shape index (κ2) is 6.47. The fourth-order valence-electron chi connectivity index (χ4n) is 2.77. The summed E-state index contributed by atoms with van der Waals surface area (Å²) in [7, 11) is 0. The van der Waals surface area contributed by atoms with Gasteiger partial charge in [-0.3, -0.25) is 4.79 Å². The summed E-state index contributed by atoms with van der Waals surface area (Å²) in [6, 6.07) is 6.37. The van der Waals surface area contributed by atoms with Crippen molar-refractivity contribution in [1.82, 2.24) is 0 Å². The number of para-hydroxylation sites is 2. The molecule has 0 bridgehead atoms. The Hall–Kier alpha value is -2.25. The van der Waals surface area contributed by atoms with Gasteiger partial charge in [0.25, 0.3) is 16.7 Å². The van der Waals surface area contributed by atoms with E-state index in [9.17, 15) is 15.2 Å². The molecule has 2 heterocycles. The van der Waals surface area contributed by atoms with E-state index in [1.165, 1.54) is 13.0 Å². The molecule has 122 valence electrons. The van der Waals surface area contributed by atoms with Crippen LogP contribution in [0.5, 0.6) is 0 Å². The van der Waals surface area contributed by atoms with Gasteiger partial charge in [0, 0.05) is 25.7 Å². The van der Waals surface area contributed by atoms with Gasteiger partial charge in [-0.15, -0.1) is 0 Å². The molecular formula is C16H18N2O5. The van der Waals surface area contributed by atoms with Gasteiger partial charge in [0.05, 0.1) is 0 Å². The molecule has 23 heavy (non-hydrogen) atoms. The maximum absolute atomic E-state index is 12.6. The molecule has 7 heteroatoms. The van der Waals surface area contributed by atoms with Gasteiger partial charge in [-0.2, -0.15) is 9.46 Å². The number of nitrogens with zero attached hydrogens (tertiary/aromatic N) is 2. The molecule has 1 aliphatic rings. The van der Waals surface area contributed by atoms with E-state index < -0.39 is 12.1 Å². The number of fused-ring (bicyclic) bond motifs is 1. The number of aromatic nitrogens is 2. The molecule has 1 aromatic heterocycles. The molecule has 1 unspecified atom stereocenters. The van der Waals surface area contributed by atoms with Crippen LogP contribution in [0.1, 0.15) is 42.4 Å². The lowest BCUT2D eigenvalue weighted by Crippen LogP contribution is -2.47. The van der Waals surface area contributed by atoms with Crippen molar-refractivity contribution in [2.75, 3.05) is 6.61 Å². The second-order valence-electron chi connectivity index (χ2n) is 5.54. The quantitative estimate of drug-likeness (QED) is 0.482. The third-order valence-corrected chi connectivity index (χ3v) is 3.92. The molecule has 0 saturated carbocycles. The standard InChI is InChI=1S/C16H18N2O5/c1-11(19)16-14(10-23-15-8-4-5-9-22-15)17(20)12-6-2-3-7-13(12)18(16)21/h2-3,6-7,15H,4-5,8-10H2,1H3. The molecule has 0 aliphatic carbocycles. The van der Waals surface area contributed by atoms with Crippen molar-refractivity contribution in [3.63, 3.8) is 0 Å². The van der Waals surface area contributed by atoms with E-state index >= 15 is 0 Å². The topological polar surface area (TPSA) is 89.4 Å². The van der Waals surface area contributed by atoms with Crippen LogP contribution in [0.3, 0.4) is 0 Å². The predicted octanol–water partition coefficient (Wildman–Crippen LogP) is 1.35. The minimum atomic E-state index is -0.474. The van der Waals surface area contributed by atoms with E-state index in [2.05, 4.69) is 0 Å². The van der Waals surface area contributed by atoms with Crippen molar-refractivity contribution in [3.8, 4) is 0 Å². The summed E-state index contributed by atoms with van der Waals surface area (Å²) in [6.07, 6.45) is 2.30. The molecule has 1 saturated heterocycles. The Morgan fingerprint density at radius 2 is 1.96 bits per heavy atom. The van der Waals surface area contributed by atoms with Gasteiger partial charge in [-0.25, -0.2) is 0 Å². The minimum Gasteiger partial charge on any atom is -0.618 e. The zero-order valence-corrected chi connectivity index (χ0v) is 12.9. The molecule has 0 spiro atoms. The monoisotopic (exact) mass is 318 g/mol. The predicted molar refractivity (Wildman–Crippen MR) is 80.3 cm³/mol. The Morgan fingerprint density at radius 3 is 2.57 bits per heavy atom. The van der Waals surface area contributed by atoms with Crippen molar-refractivity contribution in [3.05, 3.63) is 46.1 Å². The maximum atomic E-state index is 12.6. The highest BCUT2D eigenvalue weighted by atomic mass is 16.7. The molecule has 0 amide bonds. The van der Waals surface area contributed by atoms with Crippen LogP contribution in [-0.4, -0.2) is 18.7 Å². The van der Waals surface area contributed by atoms with Gasteiger partial charge in [-0.05, 0) is 19.3 Å². The minimum absolute atomic E-state index is 0.0142. The fourth-order valence-corrected chi connectivity index (χ4v) is 2.77. The summed E-state index contributed by atoms with van der Waals surface area (Å²) in [5.41, 5.74) is 0.191. The number of hydrogen-bond acceptors (Lipinski definition) is 5. The van der Waals surface area contributed by atoms with E-state index in [4.69, 9.17) is 9.47 Å². The largest absolute Gasteiger partial charge is 0.618 e. The first-order chi connectivity index (χ1) is 11.1. The smallest absolute Gasteiger partial charge is 0.331 e.